The van der Waals surface area contributed by atoms with Crippen molar-refractivity contribution >= 4 is 5.69 Å². The molecule has 19 heavy (non-hydrogen) atoms. The van der Waals surface area contributed by atoms with Crippen LogP contribution >= 0.6 is 0 Å². The zero-order valence-electron chi connectivity index (χ0n) is 11.5. The van der Waals surface area contributed by atoms with Gasteiger partial charge in [-0.05, 0) is 42.4 Å². The molecular formula is C16H19FN2. The molecule has 0 bridgehead atoms. The van der Waals surface area contributed by atoms with E-state index in [4.69, 9.17) is 0 Å². The molecule has 0 saturated carbocycles. The molecule has 0 heterocycles. The smallest absolute Gasteiger partial charge is 0.123 e. The lowest BCUT2D eigenvalue weighted by atomic mass is 9.98. The third-order valence-corrected chi connectivity index (χ3v) is 3.19. The van der Waals surface area contributed by atoms with Crippen molar-refractivity contribution in [2.24, 2.45) is 0 Å². The van der Waals surface area contributed by atoms with E-state index < -0.39 is 0 Å². The molecule has 3 heteroatoms. The van der Waals surface area contributed by atoms with Crippen molar-refractivity contribution < 1.29 is 4.39 Å². The summed E-state index contributed by atoms with van der Waals surface area (Å²) >= 11 is 0. The molecule has 0 fully saturated rings. The molecule has 2 nitrogen and oxygen atoms in total. The van der Waals surface area contributed by atoms with Crippen molar-refractivity contribution in [1.29, 1.82) is 0 Å². The standard InChI is InChI=1S/C16H19FN2/c1-18-16(12-6-4-8-14(17)10-12)13-7-5-9-15(11-13)19(2)3/h4-11,16,18H,1-3H3. The molecule has 1 N–H and O–H groups in total. The van der Waals surface area contributed by atoms with Crippen LogP contribution in [0.1, 0.15) is 17.2 Å². The average molecular weight is 258 g/mol. The molecule has 1 atom stereocenters. The van der Waals surface area contributed by atoms with Gasteiger partial charge in [0.15, 0.2) is 0 Å². The first-order valence-electron chi connectivity index (χ1n) is 6.32. The number of nitrogens with one attached hydrogen (secondary N) is 1. The number of hydrogen-bond acceptors (Lipinski definition) is 2. The fourth-order valence-corrected chi connectivity index (χ4v) is 2.19. The fourth-order valence-electron chi connectivity index (χ4n) is 2.19. The highest BCUT2D eigenvalue weighted by atomic mass is 19.1. The van der Waals surface area contributed by atoms with Crippen molar-refractivity contribution in [2.45, 2.75) is 6.04 Å². The minimum absolute atomic E-state index is 0.00407. The van der Waals surface area contributed by atoms with E-state index in [1.54, 1.807) is 12.1 Å². The minimum Gasteiger partial charge on any atom is -0.378 e. The Balaban J connectivity index is 2.39. The van der Waals surface area contributed by atoms with Gasteiger partial charge in [0.1, 0.15) is 5.82 Å². The normalized spacial score (nSPS) is 12.2. The van der Waals surface area contributed by atoms with Gasteiger partial charge in [-0.1, -0.05) is 24.3 Å². The van der Waals surface area contributed by atoms with Crippen LogP contribution in [0, 0.1) is 5.82 Å². The third-order valence-electron chi connectivity index (χ3n) is 3.19. The summed E-state index contributed by atoms with van der Waals surface area (Å²) < 4.78 is 13.4. The summed E-state index contributed by atoms with van der Waals surface area (Å²) in [4.78, 5) is 2.06. The third kappa shape index (κ3) is 3.12. The summed E-state index contributed by atoms with van der Waals surface area (Å²) in [5.41, 5.74) is 3.19. The van der Waals surface area contributed by atoms with E-state index in [1.807, 2.05) is 33.3 Å². The molecule has 1 unspecified atom stereocenters. The summed E-state index contributed by atoms with van der Waals surface area (Å²) in [7, 11) is 5.91. The second kappa shape index (κ2) is 5.85. The number of benzene rings is 2. The van der Waals surface area contributed by atoms with Gasteiger partial charge in [0.25, 0.3) is 0 Å². The van der Waals surface area contributed by atoms with E-state index in [0.29, 0.717) is 0 Å². The van der Waals surface area contributed by atoms with Gasteiger partial charge in [0.05, 0.1) is 6.04 Å². The molecule has 0 spiro atoms. The number of hydrogen-bond donors (Lipinski definition) is 1. The highest BCUT2D eigenvalue weighted by Gasteiger charge is 2.13. The van der Waals surface area contributed by atoms with Gasteiger partial charge in [-0.15, -0.1) is 0 Å². The Labute approximate surface area is 113 Å². The maximum atomic E-state index is 13.4. The van der Waals surface area contributed by atoms with Gasteiger partial charge < -0.3 is 10.2 Å². The lowest BCUT2D eigenvalue weighted by molar-refractivity contribution is 0.617. The Kier molecular flexibility index (Phi) is 4.17. The minimum atomic E-state index is -0.207. The predicted octanol–water partition coefficient (Wildman–Crippen LogP) is 3.20. The highest BCUT2D eigenvalue weighted by Crippen LogP contribution is 2.25. The predicted molar refractivity (Wildman–Crippen MR) is 78.1 cm³/mol. The summed E-state index contributed by atoms with van der Waals surface area (Å²) in [6, 6.07) is 15.0. The second-order valence-corrected chi connectivity index (χ2v) is 4.77. The molecule has 0 radical (unpaired) electrons. The van der Waals surface area contributed by atoms with Crippen LogP contribution in [-0.4, -0.2) is 21.1 Å². The summed E-state index contributed by atoms with van der Waals surface area (Å²) in [6.45, 7) is 0. The first kappa shape index (κ1) is 13.6. The average Bonchev–Trinajstić information content (AvgIpc) is 2.40. The Morgan fingerprint density at radius 1 is 1.00 bits per heavy atom. The fraction of sp³-hybridized carbons (Fsp3) is 0.250. The van der Waals surface area contributed by atoms with Crippen LogP contribution in [-0.2, 0) is 0 Å². The monoisotopic (exact) mass is 258 g/mol. The zero-order chi connectivity index (χ0) is 13.8. The number of nitrogens with zero attached hydrogens (tertiary/aromatic N) is 1. The van der Waals surface area contributed by atoms with E-state index >= 15 is 0 Å². The van der Waals surface area contributed by atoms with Crippen LogP contribution in [0.5, 0.6) is 0 Å². The van der Waals surface area contributed by atoms with E-state index in [1.165, 1.54) is 6.07 Å². The summed E-state index contributed by atoms with van der Waals surface area (Å²) in [5.74, 6) is -0.207. The van der Waals surface area contributed by atoms with Gasteiger partial charge in [-0.3, -0.25) is 0 Å². The van der Waals surface area contributed by atoms with Gasteiger partial charge in [-0.25, -0.2) is 4.39 Å². The lowest BCUT2D eigenvalue weighted by Gasteiger charge is -2.20. The van der Waals surface area contributed by atoms with Crippen LogP contribution in [0.4, 0.5) is 10.1 Å². The summed E-state index contributed by atoms with van der Waals surface area (Å²) in [5, 5.41) is 3.24. The molecule has 0 aliphatic heterocycles. The molecule has 100 valence electrons. The number of rotatable bonds is 4. The lowest BCUT2D eigenvalue weighted by Crippen LogP contribution is -2.18. The van der Waals surface area contributed by atoms with E-state index in [2.05, 4.69) is 28.4 Å². The zero-order valence-corrected chi connectivity index (χ0v) is 11.5. The molecule has 2 aromatic carbocycles. The quantitative estimate of drug-likeness (QED) is 0.906. The second-order valence-electron chi connectivity index (χ2n) is 4.77. The molecule has 2 aromatic rings. The SMILES string of the molecule is CNC(c1cccc(F)c1)c1cccc(N(C)C)c1. The molecular weight excluding hydrogens is 239 g/mol. The molecule has 2 rings (SSSR count). The topological polar surface area (TPSA) is 15.3 Å². The Hall–Kier alpha value is -1.87. The molecule has 0 aromatic heterocycles. The van der Waals surface area contributed by atoms with Gasteiger partial charge in [-0.2, -0.15) is 0 Å². The molecule has 0 saturated heterocycles. The van der Waals surface area contributed by atoms with Crippen molar-refractivity contribution in [3.05, 3.63) is 65.5 Å². The van der Waals surface area contributed by atoms with E-state index in [9.17, 15) is 4.39 Å². The van der Waals surface area contributed by atoms with Crippen molar-refractivity contribution in [2.75, 3.05) is 26.0 Å². The summed E-state index contributed by atoms with van der Waals surface area (Å²) in [6.07, 6.45) is 0. The first-order chi connectivity index (χ1) is 9.11. The van der Waals surface area contributed by atoms with Crippen LogP contribution in [0.3, 0.4) is 0 Å². The van der Waals surface area contributed by atoms with Crippen molar-refractivity contribution in [1.82, 2.24) is 5.32 Å². The number of anilines is 1. The largest absolute Gasteiger partial charge is 0.378 e. The van der Waals surface area contributed by atoms with E-state index in [-0.39, 0.29) is 11.9 Å². The molecule has 0 amide bonds. The Bertz CT molecular complexity index is 552. The van der Waals surface area contributed by atoms with Gasteiger partial charge >= 0.3 is 0 Å². The maximum Gasteiger partial charge on any atom is 0.123 e. The van der Waals surface area contributed by atoms with E-state index in [0.717, 1.165) is 16.8 Å². The first-order valence-corrected chi connectivity index (χ1v) is 6.32. The Morgan fingerprint density at radius 2 is 1.63 bits per heavy atom. The number of halogens is 1. The van der Waals surface area contributed by atoms with Crippen molar-refractivity contribution in [3.8, 4) is 0 Å². The maximum absolute atomic E-state index is 13.4. The molecule has 0 aliphatic rings. The van der Waals surface area contributed by atoms with Crippen molar-refractivity contribution in [3.63, 3.8) is 0 Å². The highest BCUT2D eigenvalue weighted by molar-refractivity contribution is 5.49. The van der Waals surface area contributed by atoms with Crippen LogP contribution in [0.15, 0.2) is 48.5 Å². The van der Waals surface area contributed by atoms with Gasteiger partial charge in [0, 0.05) is 19.8 Å². The van der Waals surface area contributed by atoms with Crippen LogP contribution in [0.2, 0.25) is 0 Å². The molecule has 0 aliphatic carbocycles. The van der Waals surface area contributed by atoms with Crippen LogP contribution in [0.25, 0.3) is 0 Å². The van der Waals surface area contributed by atoms with Gasteiger partial charge in [0.2, 0.25) is 0 Å². The van der Waals surface area contributed by atoms with Crippen LogP contribution < -0.4 is 10.2 Å². The Morgan fingerprint density at radius 3 is 2.21 bits per heavy atom.